The minimum Gasteiger partial charge on any atom is -0.478 e. The summed E-state index contributed by atoms with van der Waals surface area (Å²) in [6.07, 6.45) is 4.51. The van der Waals surface area contributed by atoms with Crippen LogP contribution in [-0.2, 0) is 20.9 Å². The van der Waals surface area contributed by atoms with E-state index in [1.807, 2.05) is 31.2 Å². The van der Waals surface area contributed by atoms with Gasteiger partial charge in [-0.05, 0) is 74.1 Å². The Morgan fingerprint density at radius 1 is 0.917 bits per heavy atom. The highest BCUT2D eigenvalue weighted by atomic mass is 35.5. The number of aromatic nitrogens is 3. The van der Waals surface area contributed by atoms with Gasteiger partial charge in [-0.2, -0.15) is 4.98 Å². The smallest absolute Gasteiger partial charge is 0.293 e. The van der Waals surface area contributed by atoms with E-state index < -0.39 is 29.7 Å². The van der Waals surface area contributed by atoms with Gasteiger partial charge in [0.05, 0.1) is 22.8 Å². The van der Waals surface area contributed by atoms with Crippen molar-refractivity contribution in [2.75, 3.05) is 74.6 Å². The monoisotopic (exact) mass is 838 g/mol. The molecule has 3 saturated heterocycles. The molecule has 1 unspecified atom stereocenters. The number of piperidine rings is 2. The zero-order valence-corrected chi connectivity index (χ0v) is 34.3. The van der Waals surface area contributed by atoms with E-state index in [-0.39, 0.29) is 42.2 Å². The van der Waals surface area contributed by atoms with Gasteiger partial charge >= 0.3 is 0 Å². The predicted octanol–water partition coefficient (Wildman–Crippen LogP) is 3.16. The number of fused-ring (bicyclic) bond motifs is 2. The van der Waals surface area contributed by atoms with E-state index in [4.69, 9.17) is 21.3 Å². The highest BCUT2D eigenvalue weighted by Gasteiger charge is 2.45. The van der Waals surface area contributed by atoms with Crippen molar-refractivity contribution >= 4 is 75.2 Å². The molecule has 0 bridgehead atoms. The molecule has 4 aliphatic heterocycles. The molecule has 5 amide bonds. The number of anilines is 4. The molecule has 3 N–H and O–H groups in total. The van der Waals surface area contributed by atoms with Crippen molar-refractivity contribution in [3.63, 3.8) is 0 Å². The number of hydrogen-bond acceptors (Lipinski definition) is 13. The van der Waals surface area contributed by atoms with Crippen LogP contribution in [0.1, 0.15) is 59.7 Å². The quantitative estimate of drug-likeness (QED) is 0.177. The van der Waals surface area contributed by atoms with E-state index in [9.17, 15) is 28.8 Å². The first kappa shape index (κ1) is 40.7. The SMILES string of the molecule is CCCn1c(=O)c(OCC(=O)NC)cc2cc(Nc3nc(N4CCN(CC5CCN(c6ccc7c(c6)C(=O)N(C6CCC(=O)NC6=O)C7=O)CC5)CC4)ncc3Cl)ccc21. The standard InChI is InChI=1S/C42H47ClN10O7/c1-3-12-52-32-7-4-27(19-26(32)20-34(41(52)59)60-24-36(55)44-2)46-37-31(43)22-45-42(48-37)51-17-15-49(16-18-51)23-25-10-13-50(14-11-25)28-5-6-29-30(21-28)40(58)53(39(29)57)33-8-9-35(54)47-38(33)56/h4-7,19-22,25,33H,3,8-18,23-24H2,1-2H3,(H,44,55)(H,45,46,48)(H,47,54,56). The Balaban J connectivity index is 0.852. The summed E-state index contributed by atoms with van der Waals surface area (Å²) < 4.78 is 7.26. The molecule has 18 heteroatoms. The van der Waals surface area contributed by atoms with Crippen molar-refractivity contribution in [1.29, 1.82) is 0 Å². The number of ether oxygens (including phenoxy) is 1. The molecule has 0 saturated carbocycles. The fraction of sp³-hybridized carbons (Fsp3) is 0.429. The van der Waals surface area contributed by atoms with Crippen LogP contribution in [0.25, 0.3) is 10.9 Å². The number of benzene rings is 2. The van der Waals surface area contributed by atoms with Crippen LogP contribution in [-0.4, -0.2) is 119 Å². The van der Waals surface area contributed by atoms with Crippen molar-refractivity contribution in [2.45, 2.75) is 51.6 Å². The second-order valence-electron chi connectivity index (χ2n) is 15.6. The molecule has 0 aliphatic carbocycles. The molecule has 0 radical (unpaired) electrons. The minimum atomic E-state index is -0.985. The Morgan fingerprint density at radius 3 is 2.42 bits per heavy atom. The van der Waals surface area contributed by atoms with Crippen LogP contribution in [0.2, 0.25) is 5.02 Å². The van der Waals surface area contributed by atoms with Crippen molar-refractivity contribution in [3.05, 3.63) is 75.2 Å². The average Bonchev–Trinajstić information content (AvgIpc) is 3.50. The van der Waals surface area contributed by atoms with Crippen molar-refractivity contribution in [1.82, 2.24) is 35.0 Å². The Labute approximate surface area is 351 Å². The average molecular weight is 839 g/mol. The molecule has 314 valence electrons. The maximum absolute atomic E-state index is 13.4. The lowest BCUT2D eigenvalue weighted by Crippen LogP contribution is -2.54. The van der Waals surface area contributed by atoms with Gasteiger partial charge in [0.25, 0.3) is 23.3 Å². The van der Waals surface area contributed by atoms with E-state index in [2.05, 4.69) is 35.6 Å². The molecule has 0 spiro atoms. The number of halogens is 1. The number of carbonyl (C=O) groups is 5. The maximum atomic E-state index is 13.4. The summed E-state index contributed by atoms with van der Waals surface area (Å²) >= 11 is 6.59. The number of carbonyl (C=O) groups excluding carboxylic acids is 5. The summed E-state index contributed by atoms with van der Waals surface area (Å²) in [5.74, 6) is -0.709. The highest BCUT2D eigenvalue weighted by Crippen LogP contribution is 2.33. The predicted molar refractivity (Wildman–Crippen MR) is 225 cm³/mol. The van der Waals surface area contributed by atoms with Gasteiger partial charge in [0, 0.05) is 82.6 Å². The van der Waals surface area contributed by atoms with Gasteiger partial charge in [-0.15, -0.1) is 0 Å². The lowest BCUT2D eigenvalue weighted by atomic mass is 9.95. The first-order valence-corrected chi connectivity index (χ1v) is 20.8. The second kappa shape index (κ2) is 17.3. The van der Waals surface area contributed by atoms with Crippen LogP contribution < -0.4 is 36.0 Å². The molecule has 17 nitrogen and oxygen atoms in total. The van der Waals surface area contributed by atoms with Gasteiger partial charge in [0.15, 0.2) is 18.2 Å². The second-order valence-corrected chi connectivity index (χ2v) is 16.0. The molecule has 3 fully saturated rings. The Bertz CT molecular complexity index is 2430. The molecule has 4 aliphatic rings. The molecular weight excluding hydrogens is 792 g/mol. The zero-order chi connectivity index (χ0) is 42.1. The number of likely N-dealkylation sites (N-methyl/N-ethyl adjacent to an activating group) is 1. The first-order chi connectivity index (χ1) is 29.0. The zero-order valence-electron chi connectivity index (χ0n) is 33.5. The molecule has 2 aromatic heterocycles. The lowest BCUT2D eigenvalue weighted by Gasteiger charge is -2.39. The van der Waals surface area contributed by atoms with Gasteiger partial charge in [-0.1, -0.05) is 18.5 Å². The third kappa shape index (κ3) is 8.23. The van der Waals surface area contributed by atoms with E-state index in [0.717, 1.165) is 86.6 Å². The largest absolute Gasteiger partial charge is 0.478 e. The molecule has 2 aromatic carbocycles. The molecule has 8 rings (SSSR count). The summed E-state index contributed by atoms with van der Waals surface area (Å²) in [4.78, 5) is 92.8. The van der Waals surface area contributed by atoms with Gasteiger partial charge in [0.1, 0.15) is 11.1 Å². The molecule has 60 heavy (non-hydrogen) atoms. The van der Waals surface area contributed by atoms with Crippen molar-refractivity contribution in [2.24, 2.45) is 5.92 Å². The van der Waals surface area contributed by atoms with E-state index in [1.54, 1.807) is 29.0 Å². The maximum Gasteiger partial charge on any atom is 0.293 e. The van der Waals surface area contributed by atoms with E-state index >= 15 is 0 Å². The topological polar surface area (TPSA) is 191 Å². The summed E-state index contributed by atoms with van der Waals surface area (Å²) in [5.41, 5.74) is 2.61. The van der Waals surface area contributed by atoms with Crippen LogP contribution in [0.5, 0.6) is 5.75 Å². The Kier molecular flexibility index (Phi) is 11.7. The molecule has 4 aromatic rings. The third-order valence-corrected chi connectivity index (χ3v) is 12.0. The number of nitrogens with one attached hydrogen (secondary N) is 3. The summed E-state index contributed by atoms with van der Waals surface area (Å²) in [5, 5.41) is 9.19. The minimum absolute atomic E-state index is 0.0822. The first-order valence-electron chi connectivity index (χ1n) is 20.4. The fourth-order valence-corrected chi connectivity index (χ4v) is 8.60. The normalized spacial score (nSPS) is 18.9. The number of rotatable bonds is 12. The van der Waals surface area contributed by atoms with Gasteiger partial charge in [0.2, 0.25) is 17.8 Å². The number of hydrogen-bond donors (Lipinski definition) is 3. The van der Waals surface area contributed by atoms with Crippen molar-refractivity contribution < 1.29 is 28.7 Å². The van der Waals surface area contributed by atoms with Crippen LogP contribution in [0.15, 0.2) is 53.5 Å². The third-order valence-electron chi connectivity index (χ3n) is 11.7. The summed E-state index contributed by atoms with van der Waals surface area (Å²) in [7, 11) is 1.51. The van der Waals surface area contributed by atoms with E-state index in [1.165, 1.54) is 7.05 Å². The molecule has 1 atom stereocenters. The number of nitrogens with zero attached hydrogens (tertiary/aromatic N) is 7. The molecular formula is C42H47ClN10O7. The van der Waals surface area contributed by atoms with Gasteiger partial charge < -0.3 is 29.7 Å². The van der Waals surface area contributed by atoms with Crippen LogP contribution in [0, 0.1) is 5.92 Å². The fourth-order valence-electron chi connectivity index (χ4n) is 8.46. The van der Waals surface area contributed by atoms with Crippen LogP contribution in [0.3, 0.4) is 0 Å². The highest BCUT2D eigenvalue weighted by molar-refractivity contribution is 6.33. The molecule has 6 heterocycles. The number of imide groups is 2. The van der Waals surface area contributed by atoms with E-state index in [0.29, 0.717) is 40.5 Å². The Hall–Kier alpha value is -6.07. The summed E-state index contributed by atoms with van der Waals surface area (Å²) in [6.45, 7) is 8.04. The summed E-state index contributed by atoms with van der Waals surface area (Å²) in [6, 6.07) is 11.6. The number of aryl methyl sites for hydroxylation is 1. The lowest BCUT2D eigenvalue weighted by molar-refractivity contribution is -0.136. The number of piperazine rings is 1. The van der Waals surface area contributed by atoms with Gasteiger partial charge in [-0.25, -0.2) is 4.98 Å². The van der Waals surface area contributed by atoms with Crippen molar-refractivity contribution in [3.8, 4) is 5.75 Å². The van der Waals surface area contributed by atoms with Crippen LogP contribution >= 0.6 is 11.6 Å². The van der Waals surface area contributed by atoms with Gasteiger partial charge in [-0.3, -0.25) is 43.9 Å². The number of pyridine rings is 1. The Morgan fingerprint density at radius 2 is 1.68 bits per heavy atom. The number of amides is 5. The van der Waals surface area contributed by atoms with Crippen LogP contribution in [0.4, 0.5) is 23.1 Å².